The lowest BCUT2D eigenvalue weighted by Crippen LogP contribution is -2.39. The van der Waals surface area contributed by atoms with Crippen molar-refractivity contribution in [3.05, 3.63) is 48.5 Å². The van der Waals surface area contributed by atoms with Gasteiger partial charge in [0.05, 0.1) is 25.6 Å². The van der Waals surface area contributed by atoms with E-state index in [1.165, 1.54) is 11.4 Å². The van der Waals surface area contributed by atoms with Crippen molar-refractivity contribution >= 4 is 21.6 Å². The molecule has 0 unspecified atom stereocenters. The Kier molecular flexibility index (Phi) is 8.35. The Bertz CT molecular complexity index is 931. The molecule has 2 aromatic carbocycles. The van der Waals surface area contributed by atoms with Gasteiger partial charge in [-0.05, 0) is 42.8 Å². The van der Waals surface area contributed by atoms with Gasteiger partial charge in [0, 0.05) is 13.1 Å². The Morgan fingerprint density at radius 1 is 1.10 bits per heavy atom. The number of anilines is 1. The van der Waals surface area contributed by atoms with E-state index in [0.717, 1.165) is 6.26 Å². The van der Waals surface area contributed by atoms with Crippen LogP contribution in [0.4, 0.5) is 5.69 Å². The van der Waals surface area contributed by atoms with Crippen LogP contribution in [0.2, 0.25) is 0 Å². The Labute approximate surface area is 177 Å². The quantitative estimate of drug-likeness (QED) is 0.544. The summed E-state index contributed by atoms with van der Waals surface area (Å²) in [6.45, 7) is 2.48. The number of sulfonamides is 1. The van der Waals surface area contributed by atoms with Crippen LogP contribution in [0.1, 0.15) is 13.3 Å². The number of carbonyl (C=O) groups excluding carboxylic acids is 1. The van der Waals surface area contributed by atoms with Crippen LogP contribution in [0.25, 0.3) is 0 Å². The predicted molar refractivity (Wildman–Crippen MR) is 116 cm³/mol. The molecule has 0 bridgehead atoms. The third kappa shape index (κ3) is 6.84. The Hall–Kier alpha value is -2.94. The van der Waals surface area contributed by atoms with Crippen LogP contribution in [0.3, 0.4) is 0 Å². The van der Waals surface area contributed by atoms with Gasteiger partial charge in [-0.15, -0.1) is 0 Å². The van der Waals surface area contributed by atoms with E-state index in [0.29, 0.717) is 42.5 Å². The van der Waals surface area contributed by atoms with E-state index in [-0.39, 0.29) is 5.91 Å². The van der Waals surface area contributed by atoms with Crippen LogP contribution < -0.4 is 23.8 Å². The first kappa shape index (κ1) is 23.3. The highest BCUT2D eigenvalue weighted by Crippen LogP contribution is 2.21. The van der Waals surface area contributed by atoms with Crippen molar-refractivity contribution in [1.29, 1.82) is 0 Å². The maximum Gasteiger partial charge on any atom is 0.261 e. The van der Waals surface area contributed by atoms with Gasteiger partial charge < -0.3 is 19.5 Å². The average molecular weight is 437 g/mol. The van der Waals surface area contributed by atoms with E-state index in [1.54, 1.807) is 37.4 Å². The second-order valence-corrected chi connectivity index (χ2v) is 8.57. The minimum absolute atomic E-state index is 0.246. The zero-order valence-corrected chi connectivity index (χ0v) is 18.4. The standard InChI is InChI=1S/C21H28N2O6S/c1-5-20(29-17-11-9-16(10-12-17)23(2)30(4,25)26)21(24)22-13-14-28-19-8-6-7-18(15-19)27-3/h6-12,15,20H,5,13-14H2,1-4H3,(H,22,24)/t20-/m1/s1. The highest BCUT2D eigenvalue weighted by molar-refractivity contribution is 7.92. The summed E-state index contributed by atoms with van der Waals surface area (Å²) in [5.74, 6) is 1.59. The van der Waals surface area contributed by atoms with Crippen LogP contribution >= 0.6 is 0 Å². The number of methoxy groups -OCH3 is 1. The number of amides is 1. The van der Waals surface area contributed by atoms with Gasteiger partial charge in [-0.3, -0.25) is 9.10 Å². The second-order valence-electron chi connectivity index (χ2n) is 6.56. The molecule has 0 aliphatic heterocycles. The molecular formula is C21H28N2O6S. The smallest absolute Gasteiger partial charge is 0.261 e. The zero-order valence-electron chi connectivity index (χ0n) is 17.6. The fourth-order valence-corrected chi connectivity index (χ4v) is 3.07. The Morgan fingerprint density at radius 2 is 1.77 bits per heavy atom. The number of nitrogens with zero attached hydrogens (tertiary/aromatic N) is 1. The third-order valence-corrected chi connectivity index (χ3v) is 5.56. The third-order valence-electron chi connectivity index (χ3n) is 4.35. The lowest BCUT2D eigenvalue weighted by atomic mass is 10.2. The lowest BCUT2D eigenvalue weighted by Gasteiger charge is -2.19. The molecule has 0 spiro atoms. The van der Waals surface area contributed by atoms with Gasteiger partial charge in [0.15, 0.2) is 6.10 Å². The van der Waals surface area contributed by atoms with E-state index in [9.17, 15) is 13.2 Å². The molecule has 2 rings (SSSR count). The second kappa shape index (κ2) is 10.7. The fourth-order valence-electron chi connectivity index (χ4n) is 2.56. The van der Waals surface area contributed by atoms with Gasteiger partial charge in [-0.25, -0.2) is 8.42 Å². The minimum atomic E-state index is -3.34. The fraction of sp³-hybridized carbons (Fsp3) is 0.381. The van der Waals surface area contributed by atoms with Crippen LogP contribution in [-0.2, 0) is 14.8 Å². The van der Waals surface area contributed by atoms with Crippen molar-refractivity contribution in [2.24, 2.45) is 0 Å². The maximum absolute atomic E-state index is 12.4. The lowest BCUT2D eigenvalue weighted by molar-refractivity contribution is -0.128. The average Bonchev–Trinajstić information content (AvgIpc) is 2.74. The Morgan fingerprint density at radius 3 is 2.37 bits per heavy atom. The molecule has 0 saturated heterocycles. The number of hydrogen-bond donors (Lipinski definition) is 1. The molecule has 0 radical (unpaired) electrons. The van der Waals surface area contributed by atoms with Crippen molar-refractivity contribution in [2.45, 2.75) is 19.4 Å². The number of benzene rings is 2. The normalized spacial score (nSPS) is 12.0. The molecule has 0 saturated carbocycles. The first-order valence-corrected chi connectivity index (χ1v) is 11.3. The molecule has 0 heterocycles. The van der Waals surface area contributed by atoms with E-state index >= 15 is 0 Å². The van der Waals surface area contributed by atoms with Gasteiger partial charge in [-0.1, -0.05) is 13.0 Å². The molecule has 9 heteroatoms. The highest BCUT2D eigenvalue weighted by Gasteiger charge is 2.18. The maximum atomic E-state index is 12.4. The topological polar surface area (TPSA) is 94.2 Å². The monoisotopic (exact) mass is 436 g/mol. The van der Waals surface area contributed by atoms with E-state index in [4.69, 9.17) is 14.2 Å². The Balaban J connectivity index is 1.84. The van der Waals surface area contributed by atoms with Crippen LogP contribution in [-0.4, -0.2) is 54.0 Å². The van der Waals surface area contributed by atoms with Crippen LogP contribution in [0.5, 0.6) is 17.2 Å². The van der Waals surface area contributed by atoms with Crippen molar-refractivity contribution in [1.82, 2.24) is 5.32 Å². The number of rotatable bonds is 11. The van der Waals surface area contributed by atoms with Crippen molar-refractivity contribution in [2.75, 3.05) is 37.9 Å². The predicted octanol–water partition coefficient (Wildman–Crippen LogP) is 2.44. The van der Waals surface area contributed by atoms with Gasteiger partial charge >= 0.3 is 0 Å². The molecule has 30 heavy (non-hydrogen) atoms. The highest BCUT2D eigenvalue weighted by atomic mass is 32.2. The molecular weight excluding hydrogens is 408 g/mol. The van der Waals surface area contributed by atoms with E-state index < -0.39 is 16.1 Å². The molecule has 2 aromatic rings. The number of carbonyl (C=O) groups is 1. The van der Waals surface area contributed by atoms with Gasteiger partial charge in [0.2, 0.25) is 10.0 Å². The van der Waals surface area contributed by atoms with E-state index in [1.807, 2.05) is 25.1 Å². The van der Waals surface area contributed by atoms with Gasteiger partial charge in [0.25, 0.3) is 5.91 Å². The summed E-state index contributed by atoms with van der Waals surface area (Å²) in [6.07, 6.45) is 0.945. The molecule has 1 amide bonds. The van der Waals surface area contributed by atoms with Crippen molar-refractivity contribution in [3.63, 3.8) is 0 Å². The van der Waals surface area contributed by atoms with Crippen molar-refractivity contribution < 1.29 is 27.4 Å². The van der Waals surface area contributed by atoms with E-state index in [2.05, 4.69) is 5.32 Å². The SMILES string of the molecule is CC[C@@H](Oc1ccc(N(C)S(C)(=O)=O)cc1)C(=O)NCCOc1cccc(OC)c1. The molecule has 0 aliphatic rings. The molecule has 8 nitrogen and oxygen atoms in total. The number of hydrogen-bond acceptors (Lipinski definition) is 6. The summed E-state index contributed by atoms with van der Waals surface area (Å²) in [4.78, 5) is 12.4. The zero-order chi connectivity index (χ0) is 22.1. The summed E-state index contributed by atoms with van der Waals surface area (Å²) in [5, 5.41) is 2.79. The summed E-state index contributed by atoms with van der Waals surface area (Å²) in [6, 6.07) is 13.8. The molecule has 164 valence electrons. The summed E-state index contributed by atoms with van der Waals surface area (Å²) < 4.78 is 40.9. The first-order valence-electron chi connectivity index (χ1n) is 9.49. The summed E-state index contributed by atoms with van der Waals surface area (Å²) in [5.41, 5.74) is 0.511. The molecule has 0 fully saturated rings. The summed E-state index contributed by atoms with van der Waals surface area (Å²) in [7, 11) is -0.279. The largest absolute Gasteiger partial charge is 0.497 e. The first-order chi connectivity index (χ1) is 14.2. The number of nitrogens with one attached hydrogen (secondary N) is 1. The van der Waals surface area contributed by atoms with Crippen LogP contribution in [0, 0.1) is 0 Å². The molecule has 0 aliphatic carbocycles. The minimum Gasteiger partial charge on any atom is -0.497 e. The molecule has 1 atom stereocenters. The van der Waals surface area contributed by atoms with Gasteiger partial charge in [0.1, 0.15) is 23.9 Å². The van der Waals surface area contributed by atoms with Gasteiger partial charge in [-0.2, -0.15) is 0 Å². The number of ether oxygens (including phenoxy) is 3. The van der Waals surface area contributed by atoms with Crippen molar-refractivity contribution in [3.8, 4) is 17.2 Å². The molecule has 1 N–H and O–H groups in total. The van der Waals surface area contributed by atoms with Crippen LogP contribution in [0.15, 0.2) is 48.5 Å². The summed E-state index contributed by atoms with van der Waals surface area (Å²) >= 11 is 0. The molecule has 0 aromatic heterocycles.